The average molecular weight is 488 g/mol. The van der Waals surface area contributed by atoms with Crippen molar-refractivity contribution in [2.24, 2.45) is 12.0 Å². The van der Waals surface area contributed by atoms with Gasteiger partial charge in [0.2, 0.25) is 0 Å². The number of fused-ring (bicyclic) bond motifs is 1. The van der Waals surface area contributed by atoms with Crippen molar-refractivity contribution in [3.8, 4) is 11.1 Å². The van der Waals surface area contributed by atoms with E-state index in [0.717, 1.165) is 54.4 Å². The summed E-state index contributed by atoms with van der Waals surface area (Å²) in [6, 6.07) is 12.5. The number of nitrogens with zero attached hydrogens (tertiary/aromatic N) is 5. The molecule has 8 nitrogen and oxygen atoms in total. The quantitative estimate of drug-likeness (QED) is 0.174. The molecule has 0 aliphatic heterocycles. The number of nitrogens with one attached hydrogen (secondary N) is 2. The van der Waals surface area contributed by atoms with Gasteiger partial charge in [-0.3, -0.25) is 14.5 Å². The van der Waals surface area contributed by atoms with E-state index in [1.807, 2.05) is 33.2 Å². The Morgan fingerprint density at radius 3 is 2.36 bits per heavy atom. The number of aldehydes is 1. The maximum Gasteiger partial charge on any atom is 0.168 e. The Bertz CT molecular complexity index is 1300. The van der Waals surface area contributed by atoms with Crippen LogP contribution >= 0.6 is 0 Å². The Balaban J connectivity index is 0.00000176. The van der Waals surface area contributed by atoms with E-state index in [2.05, 4.69) is 74.5 Å². The second-order valence-electron chi connectivity index (χ2n) is 8.22. The number of rotatable bonds is 9. The highest BCUT2D eigenvalue weighted by atomic mass is 16.1. The second kappa shape index (κ2) is 12.7. The van der Waals surface area contributed by atoms with Crippen molar-refractivity contribution >= 4 is 34.5 Å². The summed E-state index contributed by atoms with van der Waals surface area (Å²) in [7, 11) is 3.56. The summed E-state index contributed by atoms with van der Waals surface area (Å²) in [6.07, 6.45) is 6.58. The van der Waals surface area contributed by atoms with E-state index < -0.39 is 0 Å². The molecule has 0 unspecified atom stereocenters. The van der Waals surface area contributed by atoms with Crippen molar-refractivity contribution < 1.29 is 4.79 Å². The molecule has 2 N–H and O–H groups in total. The van der Waals surface area contributed by atoms with Gasteiger partial charge in [-0.1, -0.05) is 39.8 Å². The molecule has 0 aliphatic carbocycles. The minimum Gasteiger partial charge on any atom is -0.372 e. The molecular weight excluding hydrogens is 450 g/mol. The van der Waals surface area contributed by atoms with E-state index in [1.54, 1.807) is 17.9 Å². The molecule has 0 saturated carbocycles. The summed E-state index contributed by atoms with van der Waals surface area (Å²) in [5.41, 5.74) is 5.81. The van der Waals surface area contributed by atoms with Gasteiger partial charge in [0.25, 0.3) is 0 Å². The molecule has 0 saturated heterocycles. The first-order valence-corrected chi connectivity index (χ1v) is 12.6. The molecule has 0 spiro atoms. The number of benzene rings is 1. The minimum atomic E-state index is 0.424. The molecule has 4 aromatic rings. The normalized spacial score (nSPS) is 11.2. The van der Waals surface area contributed by atoms with Crippen LogP contribution in [0.5, 0.6) is 0 Å². The van der Waals surface area contributed by atoms with E-state index in [-0.39, 0.29) is 0 Å². The zero-order chi connectivity index (χ0) is 26.1. The molecule has 0 radical (unpaired) electrons. The van der Waals surface area contributed by atoms with Gasteiger partial charge in [-0.2, -0.15) is 5.10 Å². The molecule has 0 bridgehead atoms. The third-order valence-electron chi connectivity index (χ3n) is 5.88. The average Bonchev–Trinajstić information content (AvgIpc) is 3.50. The molecule has 0 amide bonds. The van der Waals surface area contributed by atoms with Crippen molar-refractivity contribution in [1.82, 2.24) is 19.7 Å². The van der Waals surface area contributed by atoms with Crippen LogP contribution in [-0.2, 0) is 7.05 Å². The summed E-state index contributed by atoms with van der Waals surface area (Å²) in [5, 5.41) is 8.37. The molecule has 0 atom stereocenters. The topological polar surface area (TPSA) is 91.2 Å². The van der Waals surface area contributed by atoms with Crippen LogP contribution in [0.25, 0.3) is 22.2 Å². The predicted octanol–water partition coefficient (Wildman–Crippen LogP) is 5.92. The third kappa shape index (κ3) is 5.64. The summed E-state index contributed by atoms with van der Waals surface area (Å²) >= 11 is 0. The van der Waals surface area contributed by atoms with Gasteiger partial charge >= 0.3 is 0 Å². The number of amidine groups is 1. The summed E-state index contributed by atoms with van der Waals surface area (Å²) in [5.74, 6) is 0.616. The van der Waals surface area contributed by atoms with Crippen LogP contribution in [0.3, 0.4) is 0 Å². The van der Waals surface area contributed by atoms with Crippen molar-refractivity contribution in [2.45, 2.75) is 40.5 Å². The lowest BCUT2D eigenvalue weighted by Crippen LogP contribution is -2.24. The van der Waals surface area contributed by atoms with Gasteiger partial charge in [-0.05, 0) is 42.7 Å². The number of aromatic amines is 1. The first-order valence-electron chi connectivity index (χ1n) is 12.6. The van der Waals surface area contributed by atoms with E-state index in [0.29, 0.717) is 22.9 Å². The van der Waals surface area contributed by atoms with Crippen molar-refractivity contribution in [1.29, 1.82) is 0 Å². The molecule has 3 heterocycles. The number of aliphatic imine (C=N–C) groups is 1. The Morgan fingerprint density at radius 1 is 1.11 bits per heavy atom. The molecule has 190 valence electrons. The van der Waals surface area contributed by atoms with Gasteiger partial charge in [0.15, 0.2) is 12.1 Å². The standard InChI is InChI=1S/C26H31N7O.C2H6/c1-5-13-33(14-6-2)20-9-7-18(8-10-20)19-15-21-24(22(17-34)30-25(21)28-16-19)31-26(27-3)23-11-12-29-32(23)4;1-2/h7-12,15-17H,5-6,13-14H2,1-4H3,(H,27,31)(H,28,30);1-2H3. The van der Waals surface area contributed by atoms with Crippen LogP contribution in [-0.4, -0.2) is 52.0 Å². The van der Waals surface area contributed by atoms with Gasteiger partial charge in [0.1, 0.15) is 17.0 Å². The molecule has 0 fully saturated rings. The van der Waals surface area contributed by atoms with Crippen LogP contribution in [0.2, 0.25) is 0 Å². The zero-order valence-corrected chi connectivity index (χ0v) is 22.2. The SMILES string of the molecule is CC.CCCN(CCC)c1ccc(-c2cnc3[nH]c(C=O)c(NC(=NC)c4ccnn4C)c3c2)cc1. The fourth-order valence-corrected chi connectivity index (χ4v) is 4.20. The molecule has 4 rings (SSSR count). The maximum absolute atomic E-state index is 11.8. The number of hydrogen-bond acceptors (Lipinski definition) is 5. The van der Waals surface area contributed by atoms with Crippen molar-refractivity contribution in [3.63, 3.8) is 0 Å². The van der Waals surface area contributed by atoms with Gasteiger partial charge in [-0.15, -0.1) is 0 Å². The number of pyridine rings is 1. The number of carbonyl (C=O) groups excluding carboxylic acids is 1. The molecule has 0 aliphatic rings. The fourth-order valence-electron chi connectivity index (χ4n) is 4.20. The molecule has 3 aromatic heterocycles. The second-order valence-corrected chi connectivity index (χ2v) is 8.22. The third-order valence-corrected chi connectivity index (χ3v) is 5.88. The number of carbonyl (C=O) groups is 1. The Hall–Kier alpha value is -3.94. The molecule has 1 aromatic carbocycles. The lowest BCUT2D eigenvalue weighted by atomic mass is 10.1. The highest BCUT2D eigenvalue weighted by molar-refractivity contribution is 6.14. The van der Waals surface area contributed by atoms with Crippen molar-refractivity contribution in [3.05, 3.63) is 60.2 Å². The first-order chi connectivity index (χ1) is 17.6. The molecular formula is C28H37N7O. The number of hydrogen-bond donors (Lipinski definition) is 2. The molecule has 8 heteroatoms. The van der Waals surface area contributed by atoms with Crippen LogP contribution in [0, 0.1) is 0 Å². The van der Waals surface area contributed by atoms with Crippen LogP contribution in [0.1, 0.15) is 56.7 Å². The number of anilines is 2. The number of aryl methyl sites for hydroxylation is 1. The number of aromatic nitrogens is 4. The Kier molecular flexibility index (Phi) is 9.39. The minimum absolute atomic E-state index is 0.424. The van der Waals surface area contributed by atoms with E-state index in [4.69, 9.17) is 0 Å². The van der Waals surface area contributed by atoms with Gasteiger partial charge < -0.3 is 15.2 Å². The Labute approximate surface area is 213 Å². The van der Waals surface area contributed by atoms with Crippen LogP contribution in [0.15, 0.2) is 53.8 Å². The Morgan fingerprint density at radius 2 is 1.81 bits per heavy atom. The van der Waals surface area contributed by atoms with Gasteiger partial charge in [0, 0.05) is 56.2 Å². The zero-order valence-electron chi connectivity index (χ0n) is 22.2. The van der Waals surface area contributed by atoms with Crippen molar-refractivity contribution in [2.75, 3.05) is 30.4 Å². The monoisotopic (exact) mass is 487 g/mol. The van der Waals surface area contributed by atoms with Crippen LogP contribution < -0.4 is 10.2 Å². The fraction of sp³-hybridized carbons (Fsp3) is 0.357. The maximum atomic E-state index is 11.8. The summed E-state index contributed by atoms with van der Waals surface area (Å²) in [6.45, 7) is 10.5. The van der Waals surface area contributed by atoms with Gasteiger partial charge in [0.05, 0.1) is 5.69 Å². The lowest BCUT2D eigenvalue weighted by Gasteiger charge is -2.24. The summed E-state index contributed by atoms with van der Waals surface area (Å²) < 4.78 is 1.73. The lowest BCUT2D eigenvalue weighted by molar-refractivity contribution is 0.112. The smallest absolute Gasteiger partial charge is 0.168 e. The highest BCUT2D eigenvalue weighted by Gasteiger charge is 2.17. The number of H-pyrrole nitrogens is 1. The highest BCUT2D eigenvalue weighted by Crippen LogP contribution is 2.31. The van der Waals surface area contributed by atoms with Crippen LogP contribution in [0.4, 0.5) is 11.4 Å². The summed E-state index contributed by atoms with van der Waals surface area (Å²) in [4.78, 5) is 26.3. The molecule has 36 heavy (non-hydrogen) atoms. The van der Waals surface area contributed by atoms with E-state index in [9.17, 15) is 4.79 Å². The first kappa shape index (κ1) is 26.7. The van der Waals surface area contributed by atoms with E-state index >= 15 is 0 Å². The predicted molar refractivity (Wildman–Crippen MR) is 150 cm³/mol. The largest absolute Gasteiger partial charge is 0.372 e. The van der Waals surface area contributed by atoms with E-state index in [1.165, 1.54) is 5.69 Å². The van der Waals surface area contributed by atoms with Gasteiger partial charge in [-0.25, -0.2) is 4.98 Å².